The molecule has 0 aromatic heterocycles. The van der Waals surface area contributed by atoms with Gasteiger partial charge in [0.1, 0.15) is 0 Å². The summed E-state index contributed by atoms with van der Waals surface area (Å²) in [6, 6.07) is 31.5. The largest absolute Gasteiger partial charge is 0.292 e. The molecule has 0 amide bonds. The third kappa shape index (κ3) is 8.26. The lowest BCUT2D eigenvalue weighted by atomic mass is 10.0. The molecule has 2 N–H and O–H groups in total. The van der Waals surface area contributed by atoms with Gasteiger partial charge in [-0.2, -0.15) is 0 Å². The molecule has 8 nitrogen and oxygen atoms in total. The smallest absolute Gasteiger partial charge is 0.240 e. The molecule has 5 rings (SSSR count). The molecule has 1 saturated heterocycles. The predicted octanol–water partition coefficient (Wildman–Crippen LogP) is 5.35. The Kier molecular flexibility index (Phi) is 10.8. The Bertz CT molecular complexity index is 1590. The second kappa shape index (κ2) is 14.5. The van der Waals surface area contributed by atoms with Crippen LogP contribution in [-0.4, -0.2) is 65.9 Å². The lowest BCUT2D eigenvalue weighted by Crippen LogP contribution is -2.52. The van der Waals surface area contributed by atoms with E-state index in [2.05, 4.69) is 19.2 Å². The number of nitrogens with zero attached hydrogens (tertiary/aromatic N) is 2. The monoisotopic (exact) mass is 672 g/mol. The summed E-state index contributed by atoms with van der Waals surface area (Å²) in [5.74, 6) is 0. The van der Waals surface area contributed by atoms with Crippen LogP contribution in [0.5, 0.6) is 0 Å². The first-order chi connectivity index (χ1) is 21.1. The van der Waals surface area contributed by atoms with Crippen LogP contribution in [0, 0.1) is 0 Å². The number of hydrogen-bond donors (Lipinski definition) is 2. The molecule has 44 heavy (non-hydrogen) atoms. The van der Waals surface area contributed by atoms with Gasteiger partial charge in [-0.25, -0.2) is 26.3 Å². The Morgan fingerprint density at radius 1 is 0.523 bits per heavy atom. The number of sulfonamides is 2. The van der Waals surface area contributed by atoms with Crippen LogP contribution in [0.2, 0.25) is 10.0 Å². The van der Waals surface area contributed by atoms with Gasteiger partial charge in [-0.3, -0.25) is 9.80 Å². The van der Waals surface area contributed by atoms with Crippen LogP contribution in [0.4, 0.5) is 0 Å². The molecule has 1 aliphatic heterocycles. The van der Waals surface area contributed by atoms with Gasteiger partial charge >= 0.3 is 0 Å². The van der Waals surface area contributed by atoms with Crippen molar-refractivity contribution in [1.82, 2.24) is 19.2 Å². The maximum Gasteiger partial charge on any atom is 0.240 e. The molecule has 1 aliphatic rings. The molecule has 1 fully saturated rings. The molecule has 12 heteroatoms. The molecule has 1 heterocycles. The van der Waals surface area contributed by atoms with Gasteiger partial charge in [-0.15, -0.1) is 0 Å². The van der Waals surface area contributed by atoms with Crippen LogP contribution in [-0.2, 0) is 20.0 Å². The van der Waals surface area contributed by atoms with E-state index in [-0.39, 0.29) is 35.0 Å². The fourth-order valence-electron chi connectivity index (χ4n) is 5.40. The quantitative estimate of drug-likeness (QED) is 0.211. The summed E-state index contributed by atoms with van der Waals surface area (Å²) in [5, 5.41) is 0.936. The van der Waals surface area contributed by atoms with Crippen molar-refractivity contribution < 1.29 is 16.8 Å². The number of rotatable bonds is 12. The van der Waals surface area contributed by atoms with Crippen molar-refractivity contribution in [3.8, 4) is 0 Å². The predicted molar refractivity (Wildman–Crippen MR) is 175 cm³/mol. The Hall–Kier alpha value is -2.80. The van der Waals surface area contributed by atoms with E-state index in [9.17, 15) is 16.8 Å². The summed E-state index contributed by atoms with van der Waals surface area (Å²) in [5.41, 5.74) is 2.02. The van der Waals surface area contributed by atoms with Gasteiger partial charge in [-0.1, -0.05) is 83.9 Å². The van der Waals surface area contributed by atoms with Crippen LogP contribution in [0.3, 0.4) is 0 Å². The summed E-state index contributed by atoms with van der Waals surface area (Å²) < 4.78 is 57.9. The first-order valence-electron chi connectivity index (χ1n) is 14.2. The van der Waals surface area contributed by atoms with Gasteiger partial charge in [0.05, 0.1) is 9.79 Å². The molecule has 0 aliphatic carbocycles. The topological polar surface area (TPSA) is 98.8 Å². The number of piperazine rings is 1. The second-order valence-electron chi connectivity index (χ2n) is 10.5. The Balaban J connectivity index is 1.30. The van der Waals surface area contributed by atoms with E-state index < -0.39 is 20.0 Å². The van der Waals surface area contributed by atoms with Crippen molar-refractivity contribution in [1.29, 1.82) is 0 Å². The number of hydrogen-bond acceptors (Lipinski definition) is 6. The number of nitrogens with one attached hydrogen (secondary N) is 2. The van der Waals surface area contributed by atoms with Gasteiger partial charge in [0, 0.05) is 61.4 Å². The molecule has 0 spiro atoms. The summed E-state index contributed by atoms with van der Waals surface area (Å²) in [6.45, 7) is 3.03. The van der Waals surface area contributed by atoms with Gasteiger partial charge < -0.3 is 0 Å². The normalized spacial score (nSPS) is 16.4. The zero-order valence-corrected chi connectivity index (χ0v) is 27.0. The average molecular weight is 674 g/mol. The van der Waals surface area contributed by atoms with Crippen molar-refractivity contribution in [3.05, 3.63) is 130 Å². The number of halogens is 2. The van der Waals surface area contributed by atoms with Crippen LogP contribution < -0.4 is 9.44 Å². The summed E-state index contributed by atoms with van der Waals surface area (Å²) in [7, 11) is -7.49. The van der Waals surface area contributed by atoms with Crippen LogP contribution >= 0.6 is 23.2 Å². The van der Waals surface area contributed by atoms with Crippen molar-refractivity contribution in [2.45, 2.75) is 21.9 Å². The van der Waals surface area contributed by atoms with Crippen molar-refractivity contribution in [2.75, 3.05) is 39.3 Å². The molecule has 2 atom stereocenters. The van der Waals surface area contributed by atoms with E-state index in [4.69, 9.17) is 23.2 Å². The molecule has 0 saturated carbocycles. The summed E-state index contributed by atoms with van der Waals surface area (Å²) in [4.78, 5) is 4.86. The zero-order chi connectivity index (χ0) is 31.2. The van der Waals surface area contributed by atoms with Gasteiger partial charge in [0.25, 0.3) is 0 Å². The number of benzene rings is 4. The molecule has 4 aromatic rings. The lowest BCUT2D eigenvalue weighted by Gasteiger charge is -2.42. The highest BCUT2D eigenvalue weighted by atomic mass is 35.5. The SMILES string of the molecule is O=S(=O)(NC[C@@H](c1ccccc1)N1CCN([C@@H](CNS(=O)(=O)c2ccc(Cl)cc2)c2ccccc2)CC1)c1ccc(Cl)cc1. The molecule has 0 unspecified atom stereocenters. The average Bonchev–Trinajstić information content (AvgIpc) is 3.03. The second-order valence-corrected chi connectivity index (χ2v) is 14.9. The molecular formula is C32H34Cl2N4O4S2. The van der Waals surface area contributed by atoms with Crippen LogP contribution in [0.1, 0.15) is 23.2 Å². The molecular weight excluding hydrogens is 639 g/mol. The maximum absolute atomic E-state index is 13.1. The summed E-state index contributed by atoms with van der Waals surface area (Å²) in [6.07, 6.45) is 0. The lowest BCUT2D eigenvalue weighted by molar-refractivity contribution is 0.0703. The highest BCUT2D eigenvalue weighted by molar-refractivity contribution is 7.89. The Morgan fingerprint density at radius 2 is 0.841 bits per heavy atom. The van der Waals surface area contributed by atoms with E-state index >= 15 is 0 Å². The minimum Gasteiger partial charge on any atom is -0.292 e. The van der Waals surface area contributed by atoms with Gasteiger partial charge in [0.15, 0.2) is 0 Å². The van der Waals surface area contributed by atoms with Crippen molar-refractivity contribution >= 4 is 43.2 Å². The maximum atomic E-state index is 13.1. The molecule has 0 bridgehead atoms. The summed E-state index contributed by atoms with van der Waals surface area (Å²) >= 11 is 11.9. The first kappa shape index (κ1) is 32.6. The third-order valence-corrected chi connectivity index (χ3v) is 11.2. The van der Waals surface area contributed by atoms with Crippen LogP contribution in [0.15, 0.2) is 119 Å². The fourth-order valence-corrected chi connectivity index (χ4v) is 7.73. The van der Waals surface area contributed by atoms with E-state index in [0.29, 0.717) is 36.2 Å². The van der Waals surface area contributed by atoms with E-state index in [0.717, 1.165) is 11.1 Å². The zero-order valence-electron chi connectivity index (χ0n) is 23.9. The van der Waals surface area contributed by atoms with Gasteiger partial charge in [0.2, 0.25) is 20.0 Å². The van der Waals surface area contributed by atoms with E-state index in [1.807, 2.05) is 60.7 Å². The standard InChI is InChI=1S/C32H34Cl2N4O4S2/c33-27-11-15-29(16-12-27)43(39,40)35-23-31(25-7-3-1-4-8-25)37-19-21-38(22-20-37)32(26-9-5-2-6-10-26)24-36-44(41,42)30-17-13-28(34)14-18-30/h1-18,31-32,35-36H,19-24H2/t31-,32-/m0/s1. The first-order valence-corrected chi connectivity index (χ1v) is 17.9. The molecule has 232 valence electrons. The third-order valence-electron chi connectivity index (χ3n) is 7.78. The fraction of sp³-hybridized carbons (Fsp3) is 0.250. The highest BCUT2D eigenvalue weighted by Crippen LogP contribution is 2.27. The van der Waals surface area contributed by atoms with Crippen molar-refractivity contribution in [2.24, 2.45) is 0 Å². The van der Waals surface area contributed by atoms with Crippen LogP contribution in [0.25, 0.3) is 0 Å². The minimum absolute atomic E-state index is 0.158. The van der Waals surface area contributed by atoms with E-state index in [1.165, 1.54) is 24.3 Å². The van der Waals surface area contributed by atoms with Gasteiger partial charge in [-0.05, 0) is 59.7 Å². The van der Waals surface area contributed by atoms with Crippen molar-refractivity contribution in [3.63, 3.8) is 0 Å². The highest BCUT2D eigenvalue weighted by Gasteiger charge is 2.31. The Morgan fingerprint density at radius 3 is 1.16 bits per heavy atom. The minimum atomic E-state index is -3.74. The molecule has 4 aromatic carbocycles. The molecule has 0 radical (unpaired) electrons. The Labute approximate surface area is 269 Å². The van der Waals surface area contributed by atoms with E-state index in [1.54, 1.807) is 24.3 Å².